The first-order valence-electron chi connectivity index (χ1n) is 9.02. The average Bonchev–Trinajstić information content (AvgIpc) is 2.72. The largest absolute Gasteiger partial charge is 0.506 e. The molecular weight excluding hydrogens is 402 g/mol. The van der Waals surface area contributed by atoms with Gasteiger partial charge >= 0.3 is 0 Å². The van der Waals surface area contributed by atoms with Crippen molar-refractivity contribution in [3.63, 3.8) is 0 Å². The molecule has 0 heterocycles. The fraction of sp³-hybridized carbons (Fsp3) is 0.0435. The van der Waals surface area contributed by atoms with Crippen LogP contribution in [-0.2, 0) is 10.0 Å². The SMILES string of the molecule is Cc1ccccc1S(=O)(=O)Nc1cc(Sc2ccccc2)c(O)c2ccccc12. The minimum absolute atomic E-state index is 0.133. The van der Waals surface area contributed by atoms with Gasteiger partial charge in [-0.3, -0.25) is 4.72 Å². The number of benzene rings is 4. The predicted molar refractivity (Wildman–Crippen MR) is 118 cm³/mol. The normalized spacial score (nSPS) is 11.5. The van der Waals surface area contributed by atoms with E-state index in [2.05, 4.69) is 4.72 Å². The monoisotopic (exact) mass is 421 g/mol. The van der Waals surface area contributed by atoms with Gasteiger partial charge in [-0.15, -0.1) is 0 Å². The van der Waals surface area contributed by atoms with E-state index in [9.17, 15) is 13.5 Å². The van der Waals surface area contributed by atoms with Crippen molar-refractivity contribution < 1.29 is 13.5 Å². The summed E-state index contributed by atoms with van der Waals surface area (Å²) in [6.45, 7) is 1.76. The third-order valence-corrected chi connectivity index (χ3v) is 7.14. The van der Waals surface area contributed by atoms with Crippen molar-refractivity contribution in [2.24, 2.45) is 0 Å². The van der Waals surface area contributed by atoms with Crippen LogP contribution in [0, 0.1) is 6.92 Å². The number of anilines is 1. The van der Waals surface area contributed by atoms with Crippen LogP contribution in [0.15, 0.2) is 99.6 Å². The highest BCUT2D eigenvalue weighted by atomic mass is 32.2. The number of phenolic OH excluding ortho intramolecular Hbond substituents is 1. The highest BCUT2D eigenvalue weighted by Gasteiger charge is 2.20. The first-order valence-corrected chi connectivity index (χ1v) is 11.3. The predicted octanol–water partition coefficient (Wildman–Crippen LogP) is 5.81. The topological polar surface area (TPSA) is 66.4 Å². The highest BCUT2D eigenvalue weighted by molar-refractivity contribution is 7.99. The molecule has 0 aromatic heterocycles. The van der Waals surface area contributed by atoms with Crippen LogP contribution in [0.25, 0.3) is 10.8 Å². The molecule has 4 nitrogen and oxygen atoms in total. The maximum absolute atomic E-state index is 13.0. The number of hydrogen-bond donors (Lipinski definition) is 2. The van der Waals surface area contributed by atoms with E-state index in [4.69, 9.17) is 0 Å². The van der Waals surface area contributed by atoms with Crippen LogP contribution < -0.4 is 4.72 Å². The Bertz CT molecular complexity index is 1290. The molecule has 146 valence electrons. The third kappa shape index (κ3) is 3.95. The van der Waals surface area contributed by atoms with Crippen molar-refractivity contribution in [1.29, 1.82) is 0 Å². The van der Waals surface area contributed by atoms with Crippen molar-refractivity contribution in [3.8, 4) is 5.75 Å². The van der Waals surface area contributed by atoms with Gasteiger partial charge in [0.25, 0.3) is 10.0 Å². The molecule has 0 saturated heterocycles. The smallest absolute Gasteiger partial charge is 0.262 e. The van der Waals surface area contributed by atoms with Gasteiger partial charge in [-0.2, -0.15) is 0 Å². The van der Waals surface area contributed by atoms with Crippen LogP contribution in [0.4, 0.5) is 5.69 Å². The lowest BCUT2D eigenvalue weighted by molar-refractivity contribution is 0.469. The van der Waals surface area contributed by atoms with Gasteiger partial charge in [-0.1, -0.05) is 72.4 Å². The lowest BCUT2D eigenvalue weighted by atomic mass is 10.1. The maximum atomic E-state index is 13.0. The molecule has 0 unspecified atom stereocenters. The molecule has 0 bridgehead atoms. The van der Waals surface area contributed by atoms with Gasteiger partial charge < -0.3 is 5.11 Å². The van der Waals surface area contributed by atoms with Crippen molar-refractivity contribution >= 4 is 38.2 Å². The lowest BCUT2D eigenvalue weighted by Gasteiger charge is -2.15. The Labute approximate surface area is 174 Å². The lowest BCUT2D eigenvalue weighted by Crippen LogP contribution is -2.14. The summed E-state index contributed by atoms with van der Waals surface area (Å²) in [4.78, 5) is 1.76. The van der Waals surface area contributed by atoms with Gasteiger partial charge in [0.05, 0.1) is 15.5 Å². The molecule has 2 N–H and O–H groups in total. The zero-order valence-electron chi connectivity index (χ0n) is 15.7. The van der Waals surface area contributed by atoms with E-state index in [0.717, 1.165) is 4.90 Å². The van der Waals surface area contributed by atoms with Crippen LogP contribution in [0.5, 0.6) is 5.75 Å². The summed E-state index contributed by atoms with van der Waals surface area (Å²) in [5, 5.41) is 12.0. The molecule has 0 saturated carbocycles. The number of nitrogens with one attached hydrogen (secondary N) is 1. The van der Waals surface area contributed by atoms with Crippen LogP contribution >= 0.6 is 11.8 Å². The van der Waals surface area contributed by atoms with Gasteiger partial charge in [-0.05, 0) is 36.8 Å². The fourth-order valence-corrected chi connectivity index (χ4v) is 5.42. The second-order valence-electron chi connectivity index (χ2n) is 6.60. The van der Waals surface area contributed by atoms with E-state index in [1.807, 2.05) is 42.5 Å². The van der Waals surface area contributed by atoms with Crippen LogP contribution in [-0.4, -0.2) is 13.5 Å². The summed E-state index contributed by atoms with van der Waals surface area (Å²) in [6.07, 6.45) is 0. The number of rotatable bonds is 5. The number of aryl methyl sites for hydroxylation is 1. The van der Waals surface area contributed by atoms with Crippen LogP contribution in [0.1, 0.15) is 5.56 Å². The van der Waals surface area contributed by atoms with Gasteiger partial charge in [0.2, 0.25) is 0 Å². The van der Waals surface area contributed by atoms with E-state index in [1.54, 1.807) is 49.4 Å². The summed E-state index contributed by atoms with van der Waals surface area (Å²) in [6, 6.07) is 25.4. The molecule has 0 aliphatic heterocycles. The summed E-state index contributed by atoms with van der Waals surface area (Å²) in [5.74, 6) is 0.133. The van der Waals surface area contributed by atoms with Gasteiger partial charge in [0, 0.05) is 15.7 Å². The van der Waals surface area contributed by atoms with Gasteiger partial charge in [-0.25, -0.2) is 8.42 Å². The Hall–Kier alpha value is -2.96. The molecule has 0 atom stereocenters. The first kappa shape index (κ1) is 19.4. The molecule has 4 aromatic carbocycles. The number of hydrogen-bond acceptors (Lipinski definition) is 4. The van der Waals surface area contributed by atoms with Crippen LogP contribution in [0.2, 0.25) is 0 Å². The summed E-state index contributed by atoms with van der Waals surface area (Å²) in [7, 11) is -3.78. The van der Waals surface area contributed by atoms with Crippen molar-refractivity contribution in [2.75, 3.05) is 4.72 Å². The Balaban J connectivity index is 1.83. The molecule has 0 aliphatic carbocycles. The van der Waals surface area contributed by atoms with Crippen molar-refractivity contribution in [2.45, 2.75) is 21.6 Å². The van der Waals surface area contributed by atoms with E-state index in [-0.39, 0.29) is 10.6 Å². The second-order valence-corrected chi connectivity index (χ2v) is 9.37. The van der Waals surface area contributed by atoms with Crippen molar-refractivity contribution in [1.82, 2.24) is 0 Å². The Kier molecular flexibility index (Phi) is 5.22. The molecule has 0 spiro atoms. The fourth-order valence-electron chi connectivity index (χ4n) is 3.17. The zero-order chi connectivity index (χ0) is 20.4. The Morgan fingerprint density at radius 1 is 0.828 bits per heavy atom. The van der Waals surface area contributed by atoms with Gasteiger partial charge in [0.1, 0.15) is 5.75 Å². The summed E-state index contributed by atoms with van der Waals surface area (Å²) in [5.41, 5.74) is 1.10. The molecule has 0 aliphatic rings. The number of aromatic hydroxyl groups is 1. The molecule has 0 amide bonds. The van der Waals surface area contributed by atoms with Crippen LogP contribution in [0.3, 0.4) is 0 Å². The molecular formula is C23H19NO3S2. The zero-order valence-corrected chi connectivity index (χ0v) is 17.3. The molecule has 0 radical (unpaired) electrons. The highest BCUT2D eigenvalue weighted by Crippen LogP contribution is 2.42. The van der Waals surface area contributed by atoms with E-state index >= 15 is 0 Å². The van der Waals surface area contributed by atoms with E-state index in [1.165, 1.54) is 11.8 Å². The number of fused-ring (bicyclic) bond motifs is 1. The molecule has 6 heteroatoms. The molecule has 0 fully saturated rings. The average molecular weight is 422 g/mol. The maximum Gasteiger partial charge on any atom is 0.262 e. The van der Waals surface area contributed by atoms with Crippen molar-refractivity contribution in [3.05, 3.63) is 90.5 Å². The van der Waals surface area contributed by atoms with E-state index in [0.29, 0.717) is 26.9 Å². The second kappa shape index (κ2) is 7.81. The third-order valence-electron chi connectivity index (χ3n) is 4.58. The minimum Gasteiger partial charge on any atom is -0.506 e. The number of sulfonamides is 1. The standard InChI is InChI=1S/C23H19NO3S2/c1-16-9-5-8-14-22(16)29(26,27)24-20-15-21(28-17-10-3-2-4-11-17)23(25)19-13-7-6-12-18(19)20/h2-15,24-25H,1H3. The van der Waals surface area contributed by atoms with E-state index < -0.39 is 10.0 Å². The molecule has 4 aromatic rings. The Morgan fingerprint density at radius 3 is 2.17 bits per heavy atom. The first-order chi connectivity index (χ1) is 14.0. The van der Waals surface area contributed by atoms with Gasteiger partial charge in [0.15, 0.2) is 0 Å². The quantitative estimate of drug-likeness (QED) is 0.399. The molecule has 29 heavy (non-hydrogen) atoms. The number of phenols is 1. The molecule has 4 rings (SSSR count). The summed E-state index contributed by atoms with van der Waals surface area (Å²) >= 11 is 1.38. The summed E-state index contributed by atoms with van der Waals surface area (Å²) < 4.78 is 28.8. The minimum atomic E-state index is -3.78. The Morgan fingerprint density at radius 2 is 1.45 bits per heavy atom.